The largest absolute Gasteiger partial charge is 0.497 e. The lowest BCUT2D eigenvalue weighted by atomic mass is 9.89. The Morgan fingerprint density at radius 3 is 2.38 bits per heavy atom. The molecule has 2 aliphatic heterocycles. The highest BCUT2D eigenvalue weighted by Crippen LogP contribution is 2.46. The third-order valence-corrected chi connectivity index (χ3v) is 5.91. The van der Waals surface area contributed by atoms with Crippen LogP contribution < -0.4 is 19.1 Å². The first kappa shape index (κ1) is 19.3. The number of likely N-dealkylation sites (tertiary alicyclic amines) is 1. The van der Waals surface area contributed by atoms with Gasteiger partial charge >= 0.3 is 6.01 Å². The molecule has 8 heteroatoms. The second kappa shape index (κ2) is 7.77. The van der Waals surface area contributed by atoms with Crippen LogP contribution in [0.3, 0.4) is 0 Å². The third kappa shape index (κ3) is 3.54. The molecule has 0 spiro atoms. The normalized spacial score (nSPS) is 23.1. The summed E-state index contributed by atoms with van der Waals surface area (Å²) in [4.78, 5) is 25.2. The van der Waals surface area contributed by atoms with E-state index in [2.05, 4.69) is 27.0 Å². The molecule has 2 fully saturated rings. The summed E-state index contributed by atoms with van der Waals surface area (Å²) < 4.78 is 15.8. The molecule has 2 aliphatic rings. The minimum atomic E-state index is 0.0408. The number of amides is 1. The lowest BCUT2D eigenvalue weighted by Gasteiger charge is -2.29. The zero-order chi connectivity index (χ0) is 20.5. The van der Waals surface area contributed by atoms with Gasteiger partial charge in [0, 0.05) is 44.5 Å². The Hall–Kier alpha value is -3.03. The molecule has 0 unspecified atom stereocenters. The van der Waals surface area contributed by atoms with Crippen molar-refractivity contribution in [3.8, 4) is 17.6 Å². The van der Waals surface area contributed by atoms with Crippen molar-refractivity contribution in [3.05, 3.63) is 35.9 Å². The molecular formula is C21H26N4O4. The van der Waals surface area contributed by atoms with E-state index in [1.165, 1.54) is 0 Å². The molecule has 2 saturated heterocycles. The number of rotatable bonds is 5. The van der Waals surface area contributed by atoms with Crippen molar-refractivity contribution in [1.82, 2.24) is 14.9 Å². The number of hydrogen-bond donors (Lipinski definition) is 0. The molecule has 0 bridgehead atoms. The Morgan fingerprint density at radius 1 is 1.00 bits per heavy atom. The highest BCUT2D eigenvalue weighted by molar-refractivity contribution is 5.74. The number of nitrogens with zero attached hydrogens (tertiary/aromatic N) is 4. The van der Waals surface area contributed by atoms with Crippen molar-refractivity contribution in [3.63, 3.8) is 0 Å². The third-order valence-electron chi connectivity index (χ3n) is 5.91. The number of benzene rings is 1. The number of methoxy groups -OCH3 is 3. The summed E-state index contributed by atoms with van der Waals surface area (Å²) in [6.07, 6.45) is 0. The maximum atomic E-state index is 12.3. The summed E-state index contributed by atoms with van der Waals surface area (Å²) in [7, 11) is 4.78. The molecule has 4 rings (SSSR count). The maximum absolute atomic E-state index is 12.3. The van der Waals surface area contributed by atoms with Gasteiger partial charge in [0.05, 0.1) is 27.4 Å². The fourth-order valence-electron chi connectivity index (χ4n) is 4.53. The molecule has 1 aromatic carbocycles. The average molecular weight is 398 g/mol. The van der Waals surface area contributed by atoms with E-state index < -0.39 is 0 Å². The Kier molecular flexibility index (Phi) is 5.17. The summed E-state index contributed by atoms with van der Waals surface area (Å²) in [6, 6.07) is 10.2. The van der Waals surface area contributed by atoms with Crippen LogP contribution in [0, 0.1) is 11.8 Å². The fraction of sp³-hybridized carbons (Fsp3) is 0.476. The molecule has 3 atom stereocenters. The lowest BCUT2D eigenvalue weighted by molar-refractivity contribution is -0.130. The first-order valence-corrected chi connectivity index (χ1v) is 9.67. The quantitative estimate of drug-likeness (QED) is 0.764. The number of anilines is 1. The highest BCUT2D eigenvalue weighted by atomic mass is 16.5. The SMILES string of the molecule is COc1ccc([C@H]2[C@@H]3CN(c4cc(OC)nc(OC)n4)C[C@@H]3CN2C(C)=O)cc1. The van der Waals surface area contributed by atoms with Crippen molar-refractivity contribution in [2.45, 2.75) is 13.0 Å². The Morgan fingerprint density at radius 2 is 1.76 bits per heavy atom. The van der Waals surface area contributed by atoms with Crippen LogP contribution in [0.15, 0.2) is 30.3 Å². The van der Waals surface area contributed by atoms with Gasteiger partial charge in [-0.3, -0.25) is 4.79 Å². The van der Waals surface area contributed by atoms with E-state index in [0.29, 0.717) is 17.7 Å². The summed E-state index contributed by atoms with van der Waals surface area (Å²) in [6.45, 7) is 4.01. The number of hydrogen-bond acceptors (Lipinski definition) is 7. The summed E-state index contributed by atoms with van der Waals surface area (Å²) >= 11 is 0. The molecular weight excluding hydrogens is 372 g/mol. The zero-order valence-corrected chi connectivity index (χ0v) is 17.2. The van der Waals surface area contributed by atoms with Crippen molar-refractivity contribution >= 4 is 11.7 Å². The number of carbonyl (C=O) groups is 1. The second-order valence-corrected chi connectivity index (χ2v) is 7.47. The van der Waals surface area contributed by atoms with E-state index in [1.807, 2.05) is 23.1 Å². The number of fused-ring (bicyclic) bond motifs is 1. The molecule has 154 valence electrons. The predicted molar refractivity (Wildman–Crippen MR) is 107 cm³/mol. The van der Waals surface area contributed by atoms with E-state index in [0.717, 1.165) is 36.8 Å². The van der Waals surface area contributed by atoms with Gasteiger partial charge in [-0.15, -0.1) is 0 Å². The van der Waals surface area contributed by atoms with Gasteiger partial charge in [0.25, 0.3) is 0 Å². The summed E-state index contributed by atoms with van der Waals surface area (Å²) in [5, 5.41) is 0. The molecule has 0 radical (unpaired) electrons. The minimum Gasteiger partial charge on any atom is -0.497 e. The minimum absolute atomic E-state index is 0.0408. The zero-order valence-electron chi connectivity index (χ0n) is 17.2. The van der Waals surface area contributed by atoms with Crippen LogP contribution in [0.4, 0.5) is 5.82 Å². The van der Waals surface area contributed by atoms with Crippen LogP contribution in [-0.2, 0) is 4.79 Å². The van der Waals surface area contributed by atoms with Crippen LogP contribution in [-0.4, -0.2) is 61.7 Å². The van der Waals surface area contributed by atoms with E-state index in [1.54, 1.807) is 28.3 Å². The Bertz CT molecular complexity index is 866. The van der Waals surface area contributed by atoms with Gasteiger partial charge in [-0.05, 0) is 17.7 Å². The monoisotopic (exact) mass is 398 g/mol. The summed E-state index contributed by atoms with van der Waals surface area (Å²) in [5.74, 6) is 2.87. The van der Waals surface area contributed by atoms with Crippen LogP contribution in [0.2, 0.25) is 0 Å². The van der Waals surface area contributed by atoms with E-state index in [-0.39, 0.29) is 18.0 Å². The van der Waals surface area contributed by atoms with Crippen LogP contribution in [0.1, 0.15) is 18.5 Å². The van der Waals surface area contributed by atoms with Crippen molar-refractivity contribution in [1.29, 1.82) is 0 Å². The van der Waals surface area contributed by atoms with Crippen LogP contribution >= 0.6 is 0 Å². The first-order valence-electron chi connectivity index (χ1n) is 9.67. The Balaban J connectivity index is 1.62. The van der Waals surface area contributed by atoms with Crippen molar-refractivity contribution < 1.29 is 19.0 Å². The van der Waals surface area contributed by atoms with Gasteiger partial charge in [0.2, 0.25) is 11.8 Å². The number of carbonyl (C=O) groups excluding carboxylic acids is 1. The van der Waals surface area contributed by atoms with Crippen LogP contribution in [0.5, 0.6) is 17.6 Å². The second-order valence-electron chi connectivity index (χ2n) is 7.47. The van der Waals surface area contributed by atoms with Crippen molar-refractivity contribution in [2.24, 2.45) is 11.8 Å². The van der Waals surface area contributed by atoms with Crippen molar-refractivity contribution in [2.75, 3.05) is 45.9 Å². The first-order chi connectivity index (χ1) is 14.0. The van der Waals surface area contributed by atoms with Gasteiger partial charge in [-0.2, -0.15) is 9.97 Å². The van der Waals surface area contributed by atoms with E-state index >= 15 is 0 Å². The molecule has 29 heavy (non-hydrogen) atoms. The topological polar surface area (TPSA) is 77.0 Å². The highest BCUT2D eigenvalue weighted by Gasteiger charge is 2.48. The molecule has 8 nitrogen and oxygen atoms in total. The molecule has 0 N–H and O–H groups in total. The van der Waals surface area contributed by atoms with Gasteiger partial charge < -0.3 is 24.0 Å². The number of aromatic nitrogens is 2. The van der Waals surface area contributed by atoms with Gasteiger partial charge in [-0.25, -0.2) is 0 Å². The smallest absolute Gasteiger partial charge is 0.321 e. The maximum Gasteiger partial charge on any atom is 0.321 e. The fourth-order valence-corrected chi connectivity index (χ4v) is 4.53. The molecule has 1 aromatic heterocycles. The van der Waals surface area contributed by atoms with Gasteiger partial charge in [0.15, 0.2) is 0 Å². The number of ether oxygens (including phenoxy) is 3. The molecule has 3 heterocycles. The standard InChI is InChI=1S/C21H26N4O4/c1-13(26)25-11-15-10-24(18-9-19(28-3)23-21(22-18)29-4)12-17(15)20(25)14-5-7-16(27-2)8-6-14/h5-9,15,17,20H,10-12H2,1-4H3/t15-,17-,20+/m1/s1. The summed E-state index contributed by atoms with van der Waals surface area (Å²) in [5.41, 5.74) is 1.13. The van der Waals surface area contributed by atoms with Gasteiger partial charge in [-0.1, -0.05) is 12.1 Å². The predicted octanol–water partition coefficient (Wildman–Crippen LogP) is 2.16. The molecule has 1 amide bonds. The lowest BCUT2D eigenvalue weighted by Crippen LogP contribution is -2.34. The Labute approximate surface area is 170 Å². The average Bonchev–Trinajstić information content (AvgIpc) is 3.31. The molecule has 2 aromatic rings. The van der Waals surface area contributed by atoms with E-state index in [9.17, 15) is 4.79 Å². The molecule has 0 saturated carbocycles. The molecule has 0 aliphatic carbocycles. The van der Waals surface area contributed by atoms with Gasteiger partial charge in [0.1, 0.15) is 11.6 Å². The van der Waals surface area contributed by atoms with Crippen LogP contribution in [0.25, 0.3) is 0 Å². The van der Waals surface area contributed by atoms with E-state index in [4.69, 9.17) is 14.2 Å².